The van der Waals surface area contributed by atoms with E-state index in [9.17, 15) is 0 Å². The minimum atomic E-state index is -0.349. The molecule has 0 atom stereocenters. The van der Waals surface area contributed by atoms with Crippen LogP contribution >= 0.6 is 0 Å². The van der Waals surface area contributed by atoms with E-state index in [0.29, 0.717) is 26.4 Å². The van der Waals surface area contributed by atoms with Crippen molar-refractivity contribution in [2.75, 3.05) is 40.6 Å². The van der Waals surface area contributed by atoms with Gasteiger partial charge in [0.2, 0.25) is 0 Å². The lowest BCUT2D eigenvalue weighted by Crippen LogP contribution is -2.12. The van der Waals surface area contributed by atoms with E-state index in [1.54, 1.807) is 14.2 Å². The summed E-state index contributed by atoms with van der Waals surface area (Å²) in [6.45, 7) is 2.47. The van der Waals surface area contributed by atoms with Crippen molar-refractivity contribution in [3.63, 3.8) is 0 Å². The van der Waals surface area contributed by atoms with E-state index in [4.69, 9.17) is 17.1 Å². The molecule has 0 heterocycles. The molecule has 0 bridgehead atoms. The van der Waals surface area contributed by atoms with Gasteiger partial charge in [0.1, 0.15) is 0 Å². The van der Waals surface area contributed by atoms with Crippen LogP contribution in [0.15, 0.2) is 0 Å². The summed E-state index contributed by atoms with van der Waals surface area (Å²) in [4.78, 5) is 0. The summed E-state index contributed by atoms with van der Waals surface area (Å²) in [6, 6.07) is 0. The van der Waals surface area contributed by atoms with E-state index in [1.165, 1.54) is 0 Å². The van der Waals surface area contributed by atoms with Crippen molar-refractivity contribution in [3.8, 4) is 0 Å². The standard InChI is InChI=1S/2C3H7O2.Al/c2*1-5-3-2-4;/h2*2-3H2,1H3;/q2*-1;+2. The monoisotopic (exact) mass is 177 g/mol. The molecule has 0 rings (SSSR count). The smallest absolute Gasteiger partial charge is 0.482 e. The average molecular weight is 177 g/mol. The Morgan fingerprint density at radius 2 is 1.27 bits per heavy atom. The Balaban J connectivity index is 2.69. The molecular formula is C6H14AlO4. The van der Waals surface area contributed by atoms with E-state index in [1.807, 2.05) is 0 Å². The van der Waals surface area contributed by atoms with Crippen molar-refractivity contribution in [3.05, 3.63) is 0 Å². The third-order valence-corrected chi connectivity index (χ3v) is 1.69. The maximum atomic E-state index is 5.10. The predicted molar refractivity (Wildman–Crippen MR) is 41.4 cm³/mol. The molecule has 4 nitrogen and oxygen atoms in total. The van der Waals surface area contributed by atoms with Gasteiger partial charge in [-0.15, -0.1) is 0 Å². The maximum absolute atomic E-state index is 5.10. The van der Waals surface area contributed by atoms with Crippen molar-refractivity contribution >= 4 is 15.9 Å². The minimum Gasteiger partial charge on any atom is -0.482 e. The second kappa shape index (κ2) is 10.4. The van der Waals surface area contributed by atoms with E-state index < -0.39 is 0 Å². The molecule has 5 heteroatoms. The van der Waals surface area contributed by atoms with E-state index in [0.717, 1.165) is 0 Å². The molecule has 0 saturated carbocycles. The van der Waals surface area contributed by atoms with Crippen LogP contribution in [0.25, 0.3) is 0 Å². The van der Waals surface area contributed by atoms with Crippen LogP contribution in [0.4, 0.5) is 0 Å². The second-order valence-electron chi connectivity index (χ2n) is 1.82. The Morgan fingerprint density at radius 3 is 1.64 bits per heavy atom. The van der Waals surface area contributed by atoms with Gasteiger partial charge in [-0.3, -0.25) is 0 Å². The Morgan fingerprint density at radius 1 is 0.818 bits per heavy atom. The summed E-state index contributed by atoms with van der Waals surface area (Å²) in [5.41, 5.74) is 0. The molecule has 0 aliphatic rings. The fraction of sp³-hybridized carbons (Fsp3) is 1.00. The zero-order chi connectivity index (χ0) is 8.36. The number of rotatable bonds is 8. The maximum Gasteiger partial charge on any atom is 0.668 e. The van der Waals surface area contributed by atoms with Gasteiger partial charge in [-0.1, -0.05) is 0 Å². The Labute approximate surface area is 74.1 Å². The molecule has 0 N–H and O–H groups in total. The van der Waals surface area contributed by atoms with E-state index in [-0.39, 0.29) is 15.9 Å². The quantitative estimate of drug-likeness (QED) is 0.381. The Kier molecular flexibility index (Phi) is 10.7. The highest BCUT2D eigenvalue weighted by Gasteiger charge is 1.95. The summed E-state index contributed by atoms with van der Waals surface area (Å²) in [5.74, 6) is 0. The van der Waals surface area contributed by atoms with Gasteiger partial charge in [-0.2, -0.15) is 0 Å². The minimum absolute atomic E-state index is 0.349. The van der Waals surface area contributed by atoms with Gasteiger partial charge in [-0.25, -0.2) is 0 Å². The molecule has 0 aromatic heterocycles. The van der Waals surface area contributed by atoms with Crippen LogP contribution < -0.4 is 0 Å². The first-order valence-electron chi connectivity index (χ1n) is 3.44. The molecule has 11 heavy (non-hydrogen) atoms. The molecule has 65 valence electrons. The zero-order valence-corrected chi connectivity index (χ0v) is 8.19. The summed E-state index contributed by atoms with van der Waals surface area (Å²) >= 11 is -0.349. The van der Waals surface area contributed by atoms with Gasteiger partial charge in [0, 0.05) is 27.4 Å². The molecule has 1 radical (unpaired) electrons. The fourth-order valence-electron chi connectivity index (χ4n) is 0.407. The number of hydrogen-bond acceptors (Lipinski definition) is 4. The SMILES string of the molecule is COCC[O][Al][O]CCOC. The first kappa shape index (κ1) is 11.4. The summed E-state index contributed by atoms with van der Waals surface area (Å²) in [6.07, 6.45) is 0. The number of ether oxygens (including phenoxy) is 2. The van der Waals surface area contributed by atoms with Gasteiger partial charge < -0.3 is 17.1 Å². The topological polar surface area (TPSA) is 36.9 Å². The molecule has 0 aromatic carbocycles. The molecule has 0 fully saturated rings. The molecular weight excluding hydrogens is 163 g/mol. The van der Waals surface area contributed by atoms with Crippen molar-refractivity contribution in [1.82, 2.24) is 0 Å². The van der Waals surface area contributed by atoms with Crippen LogP contribution in [0.3, 0.4) is 0 Å². The van der Waals surface area contributed by atoms with Crippen molar-refractivity contribution in [2.24, 2.45) is 0 Å². The van der Waals surface area contributed by atoms with Crippen molar-refractivity contribution in [1.29, 1.82) is 0 Å². The van der Waals surface area contributed by atoms with Gasteiger partial charge in [0.25, 0.3) is 0 Å². The number of methoxy groups -OCH3 is 2. The van der Waals surface area contributed by atoms with Gasteiger partial charge in [0.05, 0.1) is 13.2 Å². The van der Waals surface area contributed by atoms with Crippen LogP contribution in [0.5, 0.6) is 0 Å². The molecule has 0 unspecified atom stereocenters. The third-order valence-electron chi connectivity index (χ3n) is 0.947. The zero-order valence-electron chi connectivity index (χ0n) is 7.04. The van der Waals surface area contributed by atoms with Gasteiger partial charge >= 0.3 is 15.9 Å². The molecule has 0 amide bonds. The Bertz CT molecular complexity index is 63.6. The average Bonchev–Trinajstić information content (AvgIpc) is 2.03. The van der Waals surface area contributed by atoms with Gasteiger partial charge in [0.15, 0.2) is 0 Å². The lowest BCUT2D eigenvalue weighted by Gasteiger charge is -2.02. The molecule has 0 aliphatic carbocycles. The molecule has 0 aliphatic heterocycles. The van der Waals surface area contributed by atoms with E-state index >= 15 is 0 Å². The molecule has 0 spiro atoms. The highest BCUT2D eigenvalue weighted by atomic mass is 27.2. The summed E-state index contributed by atoms with van der Waals surface area (Å²) < 4.78 is 19.8. The van der Waals surface area contributed by atoms with Gasteiger partial charge in [-0.05, 0) is 0 Å². The van der Waals surface area contributed by atoms with Crippen LogP contribution in [0, 0.1) is 0 Å². The predicted octanol–water partition coefficient (Wildman–Crippen LogP) is -0.153. The van der Waals surface area contributed by atoms with Crippen LogP contribution in [0.1, 0.15) is 0 Å². The first-order chi connectivity index (χ1) is 5.41. The summed E-state index contributed by atoms with van der Waals surface area (Å²) in [5, 5.41) is 0. The van der Waals surface area contributed by atoms with Crippen LogP contribution in [-0.4, -0.2) is 56.5 Å². The van der Waals surface area contributed by atoms with Crippen molar-refractivity contribution in [2.45, 2.75) is 0 Å². The van der Waals surface area contributed by atoms with Crippen molar-refractivity contribution < 1.29 is 17.1 Å². The third kappa shape index (κ3) is 10.4. The van der Waals surface area contributed by atoms with Crippen LogP contribution in [-0.2, 0) is 17.1 Å². The summed E-state index contributed by atoms with van der Waals surface area (Å²) in [7, 11) is 3.29. The first-order valence-corrected chi connectivity index (χ1v) is 4.39. The van der Waals surface area contributed by atoms with E-state index in [2.05, 4.69) is 0 Å². The molecule has 0 saturated heterocycles. The second-order valence-corrected chi connectivity index (χ2v) is 2.68. The Hall–Kier alpha value is 0.372. The number of hydrogen-bond donors (Lipinski definition) is 0. The van der Waals surface area contributed by atoms with Crippen LogP contribution in [0.2, 0.25) is 0 Å². The molecule has 0 aromatic rings. The normalized spacial score (nSPS) is 10.0. The lowest BCUT2D eigenvalue weighted by atomic mass is 10.8. The highest BCUT2D eigenvalue weighted by molar-refractivity contribution is 6.17. The highest BCUT2D eigenvalue weighted by Crippen LogP contribution is 1.76. The lowest BCUT2D eigenvalue weighted by molar-refractivity contribution is 0.110. The fourth-order valence-corrected chi connectivity index (χ4v) is 0.888. The largest absolute Gasteiger partial charge is 0.668 e.